The first-order valence-electron chi connectivity index (χ1n) is 7.63. The van der Waals surface area contributed by atoms with Gasteiger partial charge in [-0.2, -0.15) is 0 Å². The second-order valence-corrected chi connectivity index (χ2v) is 5.39. The van der Waals surface area contributed by atoms with Crippen molar-refractivity contribution in [2.24, 2.45) is 0 Å². The number of rotatable bonds is 6. The third-order valence-electron chi connectivity index (χ3n) is 3.70. The van der Waals surface area contributed by atoms with Gasteiger partial charge >= 0.3 is 0 Å². The molecular formula is C19H25N. The zero-order valence-electron chi connectivity index (χ0n) is 12.9. The molecule has 2 aromatic carbocycles. The van der Waals surface area contributed by atoms with Crippen LogP contribution in [0.5, 0.6) is 0 Å². The van der Waals surface area contributed by atoms with E-state index in [1.807, 2.05) is 0 Å². The number of hydrogen-bond donors (Lipinski definition) is 0. The molecule has 0 aliphatic heterocycles. The van der Waals surface area contributed by atoms with Crippen molar-refractivity contribution in [3.8, 4) is 0 Å². The summed E-state index contributed by atoms with van der Waals surface area (Å²) in [5.41, 5.74) is 5.53. The quantitative estimate of drug-likeness (QED) is 0.714. The minimum absolute atomic E-state index is 0.991. The minimum atomic E-state index is 0.991. The number of benzene rings is 2. The average molecular weight is 267 g/mol. The Balaban J connectivity index is 2.24. The van der Waals surface area contributed by atoms with E-state index in [9.17, 15) is 0 Å². The van der Waals surface area contributed by atoms with Crippen molar-refractivity contribution in [1.29, 1.82) is 0 Å². The summed E-state index contributed by atoms with van der Waals surface area (Å²) in [6.45, 7) is 8.71. The Labute approximate surface area is 123 Å². The molecular weight excluding hydrogens is 242 g/mol. The SMILES string of the molecule is CCCN(Cc1ccc(C)cc1)c1ccccc1CC. The van der Waals surface area contributed by atoms with E-state index in [4.69, 9.17) is 0 Å². The van der Waals surface area contributed by atoms with E-state index >= 15 is 0 Å². The van der Waals surface area contributed by atoms with Crippen molar-refractivity contribution in [3.05, 3.63) is 65.2 Å². The fourth-order valence-electron chi connectivity index (χ4n) is 2.59. The van der Waals surface area contributed by atoms with Crippen molar-refractivity contribution in [2.45, 2.75) is 40.2 Å². The molecule has 0 aliphatic carbocycles. The van der Waals surface area contributed by atoms with Crippen LogP contribution in [0.1, 0.15) is 37.0 Å². The lowest BCUT2D eigenvalue weighted by Gasteiger charge is -2.27. The van der Waals surface area contributed by atoms with Gasteiger partial charge in [-0.3, -0.25) is 0 Å². The Bertz CT molecular complexity index is 528. The van der Waals surface area contributed by atoms with Crippen molar-refractivity contribution in [3.63, 3.8) is 0 Å². The van der Waals surface area contributed by atoms with Crippen molar-refractivity contribution < 1.29 is 0 Å². The van der Waals surface area contributed by atoms with Crippen LogP contribution in [0.4, 0.5) is 5.69 Å². The predicted molar refractivity (Wildman–Crippen MR) is 88.3 cm³/mol. The van der Waals surface area contributed by atoms with Crippen LogP contribution in [0.3, 0.4) is 0 Å². The molecule has 0 unspecified atom stereocenters. The molecule has 0 radical (unpaired) electrons. The molecule has 0 aromatic heterocycles. The van der Waals surface area contributed by atoms with Crippen LogP contribution in [-0.4, -0.2) is 6.54 Å². The number of nitrogens with zero attached hydrogens (tertiary/aromatic N) is 1. The normalized spacial score (nSPS) is 10.6. The number of anilines is 1. The van der Waals surface area contributed by atoms with Crippen LogP contribution in [0.2, 0.25) is 0 Å². The third kappa shape index (κ3) is 3.63. The zero-order valence-corrected chi connectivity index (χ0v) is 12.9. The monoisotopic (exact) mass is 267 g/mol. The smallest absolute Gasteiger partial charge is 0.0429 e. The second kappa shape index (κ2) is 7.14. The van der Waals surface area contributed by atoms with Crippen LogP contribution in [0.25, 0.3) is 0 Å². The van der Waals surface area contributed by atoms with E-state index in [-0.39, 0.29) is 0 Å². The molecule has 20 heavy (non-hydrogen) atoms. The van der Waals surface area contributed by atoms with Gasteiger partial charge in [0.05, 0.1) is 0 Å². The molecule has 1 heteroatoms. The van der Waals surface area contributed by atoms with E-state index in [2.05, 4.69) is 74.2 Å². The molecule has 0 aliphatic rings. The highest BCUT2D eigenvalue weighted by molar-refractivity contribution is 5.54. The molecule has 0 N–H and O–H groups in total. The van der Waals surface area contributed by atoms with Gasteiger partial charge in [0.1, 0.15) is 0 Å². The summed E-state index contributed by atoms with van der Waals surface area (Å²) in [5, 5.41) is 0. The van der Waals surface area contributed by atoms with E-state index < -0.39 is 0 Å². The fraction of sp³-hybridized carbons (Fsp3) is 0.368. The van der Waals surface area contributed by atoms with Gasteiger partial charge in [0.25, 0.3) is 0 Å². The Morgan fingerprint density at radius 2 is 1.60 bits per heavy atom. The molecule has 0 saturated heterocycles. The fourth-order valence-corrected chi connectivity index (χ4v) is 2.59. The molecule has 0 atom stereocenters. The van der Waals surface area contributed by atoms with Crippen LogP contribution >= 0.6 is 0 Å². The maximum absolute atomic E-state index is 2.50. The molecule has 1 nitrogen and oxygen atoms in total. The zero-order chi connectivity index (χ0) is 14.4. The summed E-state index contributed by atoms with van der Waals surface area (Å²) in [4.78, 5) is 2.50. The van der Waals surface area contributed by atoms with Gasteiger partial charge in [-0.15, -0.1) is 0 Å². The van der Waals surface area contributed by atoms with E-state index in [1.165, 1.54) is 28.8 Å². The molecule has 0 amide bonds. The molecule has 2 rings (SSSR count). The van der Waals surface area contributed by atoms with Crippen LogP contribution in [0, 0.1) is 6.92 Å². The summed E-state index contributed by atoms with van der Waals surface area (Å²) in [6.07, 6.45) is 2.26. The van der Waals surface area contributed by atoms with Gasteiger partial charge in [0.15, 0.2) is 0 Å². The molecule has 2 aromatic rings. The topological polar surface area (TPSA) is 3.24 Å². The van der Waals surface area contributed by atoms with Crippen LogP contribution in [-0.2, 0) is 13.0 Å². The highest BCUT2D eigenvalue weighted by Gasteiger charge is 2.09. The van der Waals surface area contributed by atoms with Crippen LogP contribution < -0.4 is 4.90 Å². The third-order valence-corrected chi connectivity index (χ3v) is 3.70. The van der Waals surface area contributed by atoms with E-state index in [0.717, 1.165) is 19.5 Å². The van der Waals surface area contributed by atoms with Gasteiger partial charge < -0.3 is 4.90 Å². The number of hydrogen-bond acceptors (Lipinski definition) is 1. The average Bonchev–Trinajstić information content (AvgIpc) is 2.49. The van der Waals surface area contributed by atoms with Crippen molar-refractivity contribution >= 4 is 5.69 Å². The summed E-state index contributed by atoms with van der Waals surface area (Å²) in [7, 11) is 0. The number of para-hydroxylation sites is 1. The second-order valence-electron chi connectivity index (χ2n) is 5.39. The standard InChI is InChI=1S/C19H25N/c1-4-14-20(15-17-12-10-16(3)11-13-17)19-9-7-6-8-18(19)5-2/h6-13H,4-5,14-15H2,1-3H3. The molecule has 0 saturated carbocycles. The lowest BCUT2D eigenvalue weighted by atomic mass is 10.1. The van der Waals surface area contributed by atoms with Gasteiger partial charge in [-0.1, -0.05) is 61.9 Å². The van der Waals surface area contributed by atoms with Crippen molar-refractivity contribution in [2.75, 3.05) is 11.4 Å². The largest absolute Gasteiger partial charge is 0.367 e. The molecule has 106 valence electrons. The predicted octanol–water partition coefficient (Wildman–Crippen LogP) is 4.97. The maximum atomic E-state index is 2.50. The van der Waals surface area contributed by atoms with Gasteiger partial charge in [0, 0.05) is 18.8 Å². The molecule has 0 bridgehead atoms. The summed E-state index contributed by atoms with van der Waals surface area (Å²) >= 11 is 0. The Morgan fingerprint density at radius 3 is 2.25 bits per heavy atom. The van der Waals surface area contributed by atoms with E-state index in [1.54, 1.807) is 0 Å². The number of aryl methyl sites for hydroxylation is 2. The molecule has 0 spiro atoms. The minimum Gasteiger partial charge on any atom is -0.367 e. The molecule has 0 fully saturated rings. The summed E-state index contributed by atoms with van der Waals surface area (Å²) in [5.74, 6) is 0. The summed E-state index contributed by atoms with van der Waals surface area (Å²) < 4.78 is 0. The maximum Gasteiger partial charge on any atom is 0.0429 e. The Kier molecular flexibility index (Phi) is 5.23. The summed E-state index contributed by atoms with van der Waals surface area (Å²) in [6, 6.07) is 17.7. The lowest BCUT2D eigenvalue weighted by molar-refractivity contribution is 0.762. The molecule has 0 heterocycles. The highest BCUT2D eigenvalue weighted by atomic mass is 15.1. The van der Waals surface area contributed by atoms with Gasteiger partial charge in [-0.25, -0.2) is 0 Å². The first-order chi connectivity index (χ1) is 9.74. The van der Waals surface area contributed by atoms with Gasteiger partial charge in [0.2, 0.25) is 0 Å². The van der Waals surface area contributed by atoms with Gasteiger partial charge in [-0.05, 0) is 37.0 Å². The lowest BCUT2D eigenvalue weighted by Crippen LogP contribution is -2.24. The first-order valence-corrected chi connectivity index (χ1v) is 7.63. The highest BCUT2D eigenvalue weighted by Crippen LogP contribution is 2.23. The van der Waals surface area contributed by atoms with Crippen LogP contribution in [0.15, 0.2) is 48.5 Å². The van der Waals surface area contributed by atoms with Crippen molar-refractivity contribution in [1.82, 2.24) is 0 Å². The Morgan fingerprint density at radius 1 is 0.900 bits per heavy atom. The Hall–Kier alpha value is -1.76. The first kappa shape index (κ1) is 14.6. The van der Waals surface area contributed by atoms with E-state index in [0.29, 0.717) is 0 Å².